The Labute approximate surface area is 251 Å². The molecule has 1 atom stereocenters. The lowest BCUT2D eigenvalue weighted by Gasteiger charge is -2.35. The van der Waals surface area contributed by atoms with E-state index in [4.69, 9.17) is 0 Å². The average molecular weight is 590 g/mol. The Kier molecular flexibility index (Phi) is 10.8. The lowest BCUT2D eigenvalue weighted by molar-refractivity contribution is -0.140. The van der Waals surface area contributed by atoms with Gasteiger partial charge in [0.15, 0.2) is 0 Å². The van der Waals surface area contributed by atoms with Crippen LogP contribution in [0.2, 0.25) is 0 Å². The SMILES string of the molecule is CCc1ccccc1N(CC(=O)N(Cc1ccc(C)cc1)C(CC)C(=O)NC1CCCCC1)S(=O)(=O)c1ccccc1. The number of anilines is 1. The van der Waals surface area contributed by atoms with Crippen LogP contribution in [0.25, 0.3) is 0 Å². The van der Waals surface area contributed by atoms with Crippen LogP contribution in [0.15, 0.2) is 83.8 Å². The maximum absolute atomic E-state index is 14.3. The molecule has 1 aliphatic carbocycles. The molecule has 8 heteroatoms. The summed E-state index contributed by atoms with van der Waals surface area (Å²) in [6, 6.07) is 22.7. The summed E-state index contributed by atoms with van der Waals surface area (Å²) in [6.45, 7) is 5.63. The second-order valence-corrected chi connectivity index (χ2v) is 12.9. The van der Waals surface area contributed by atoms with Crippen molar-refractivity contribution in [2.45, 2.75) is 89.2 Å². The van der Waals surface area contributed by atoms with E-state index in [0.29, 0.717) is 18.5 Å². The van der Waals surface area contributed by atoms with Crippen LogP contribution in [0.5, 0.6) is 0 Å². The molecule has 1 saturated carbocycles. The smallest absolute Gasteiger partial charge is 0.264 e. The fourth-order valence-corrected chi connectivity index (χ4v) is 7.11. The highest BCUT2D eigenvalue weighted by Gasteiger charge is 2.35. The first-order valence-electron chi connectivity index (χ1n) is 15.1. The molecule has 0 aromatic heterocycles. The van der Waals surface area contributed by atoms with Gasteiger partial charge in [0.05, 0.1) is 10.6 Å². The summed E-state index contributed by atoms with van der Waals surface area (Å²) < 4.78 is 29.3. The maximum atomic E-state index is 14.3. The van der Waals surface area contributed by atoms with Gasteiger partial charge >= 0.3 is 0 Å². The van der Waals surface area contributed by atoms with Crippen molar-refractivity contribution in [2.75, 3.05) is 10.8 Å². The molecule has 7 nitrogen and oxygen atoms in total. The van der Waals surface area contributed by atoms with Crippen molar-refractivity contribution >= 4 is 27.5 Å². The highest BCUT2D eigenvalue weighted by molar-refractivity contribution is 7.92. The Morgan fingerprint density at radius 3 is 2.17 bits per heavy atom. The molecule has 3 aromatic carbocycles. The molecule has 1 unspecified atom stereocenters. The third-order valence-electron chi connectivity index (χ3n) is 8.06. The minimum absolute atomic E-state index is 0.100. The topological polar surface area (TPSA) is 86.8 Å². The quantitative estimate of drug-likeness (QED) is 0.280. The molecule has 0 radical (unpaired) electrons. The van der Waals surface area contributed by atoms with E-state index in [2.05, 4.69) is 5.32 Å². The predicted molar refractivity (Wildman–Crippen MR) is 168 cm³/mol. The van der Waals surface area contributed by atoms with Crippen LogP contribution < -0.4 is 9.62 Å². The first-order valence-corrected chi connectivity index (χ1v) is 16.5. The first kappa shape index (κ1) is 31.3. The summed E-state index contributed by atoms with van der Waals surface area (Å²) in [5, 5.41) is 3.19. The number of amides is 2. The third kappa shape index (κ3) is 7.59. The fraction of sp³-hybridized carbons (Fsp3) is 0.412. The van der Waals surface area contributed by atoms with Gasteiger partial charge in [-0.25, -0.2) is 8.42 Å². The molecule has 42 heavy (non-hydrogen) atoms. The van der Waals surface area contributed by atoms with Gasteiger partial charge in [0, 0.05) is 12.6 Å². The van der Waals surface area contributed by atoms with Gasteiger partial charge < -0.3 is 10.2 Å². The zero-order valence-corrected chi connectivity index (χ0v) is 25.8. The normalized spacial score (nSPS) is 14.6. The highest BCUT2D eigenvalue weighted by atomic mass is 32.2. The van der Waals surface area contributed by atoms with Crippen molar-refractivity contribution in [3.05, 3.63) is 95.6 Å². The van der Waals surface area contributed by atoms with E-state index in [9.17, 15) is 18.0 Å². The van der Waals surface area contributed by atoms with Gasteiger partial charge in [0.2, 0.25) is 11.8 Å². The number of para-hydroxylation sites is 1. The number of nitrogens with zero attached hydrogens (tertiary/aromatic N) is 2. The van der Waals surface area contributed by atoms with Gasteiger partial charge in [-0.1, -0.05) is 99.3 Å². The second-order valence-electron chi connectivity index (χ2n) is 11.1. The van der Waals surface area contributed by atoms with Gasteiger partial charge in [-0.3, -0.25) is 13.9 Å². The van der Waals surface area contributed by atoms with Crippen LogP contribution in [0.1, 0.15) is 69.1 Å². The largest absolute Gasteiger partial charge is 0.352 e. The molecule has 224 valence electrons. The summed E-state index contributed by atoms with van der Waals surface area (Å²) in [4.78, 5) is 29.7. The van der Waals surface area contributed by atoms with Crippen molar-refractivity contribution in [1.82, 2.24) is 10.2 Å². The van der Waals surface area contributed by atoms with Gasteiger partial charge in [0.25, 0.3) is 10.0 Å². The molecular formula is C34H43N3O4S. The Bertz CT molecular complexity index is 1440. The molecule has 0 saturated heterocycles. The summed E-state index contributed by atoms with van der Waals surface area (Å²) >= 11 is 0. The number of carbonyl (C=O) groups excluding carboxylic acids is 2. The lowest BCUT2D eigenvalue weighted by Crippen LogP contribution is -2.54. The van der Waals surface area contributed by atoms with Crippen LogP contribution in [-0.2, 0) is 32.6 Å². The number of carbonyl (C=O) groups is 2. The van der Waals surface area contributed by atoms with Crippen LogP contribution in [0.3, 0.4) is 0 Å². The summed E-state index contributed by atoms with van der Waals surface area (Å²) in [5.74, 6) is -0.608. The van der Waals surface area contributed by atoms with Gasteiger partial charge in [-0.05, 0) is 61.9 Å². The predicted octanol–water partition coefficient (Wildman–Crippen LogP) is 6.01. The van der Waals surface area contributed by atoms with Crippen molar-refractivity contribution in [3.63, 3.8) is 0 Å². The van der Waals surface area contributed by atoms with E-state index in [-0.39, 0.29) is 23.4 Å². The van der Waals surface area contributed by atoms with E-state index >= 15 is 0 Å². The van der Waals surface area contributed by atoms with E-state index in [1.807, 2.05) is 57.2 Å². The molecule has 0 bridgehead atoms. The second kappa shape index (κ2) is 14.5. The summed E-state index contributed by atoms with van der Waals surface area (Å²) in [7, 11) is -4.08. The van der Waals surface area contributed by atoms with Crippen LogP contribution in [-0.4, -0.2) is 43.8 Å². The average Bonchev–Trinajstić information content (AvgIpc) is 3.01. The molecule has 3 aromatic rings. The summed E-state index contributed by atoms with van der Waals surface area (Å²) in [5.41, 5.74) is 3.25. The molecule has 0 heterocycles. The van der Waals surface area contributed by atoms with Crippen molar-refractivity contribution in [2.24, 2.45) is 0 Å². The zero-order chi connectivity index (χ0) is 30.1. The fourth-order valence-electron chi connectivity index (χ4n) is 5.64. The Morgan fingerprint density at radius 2 is 1.52 bits per heavy atom. The molecule has 2 amide bonds. The number of hydrogen-bond acceptors (Lipinski definition) is 4. The monoisotopic (exact) mass is 589 g/mol. The number of sulfonamides is 1. The minimum Gasteiger partial charge on any atom is -0.352 e. The molecule has 0 spiro atoms. The van der Waals surface area contributed by atoms with Crippen LogP contribution in [0, 0.1) is 6.92 Å². The zero-order valence-electron chi connectivity index (χ0n) is 25.0. The Morgan fingerprint density at radius 1 is 0.881 bits per heavy atom. The molecule has 1 fully saturated rings. The minimum atomic E-state index is -4.08. The van der Waals surface area contributed by atoms with E-state index in [1.54, 1.807) is 35.2 Å². The number of benzene rings is 3. The van der Waals surface area contributed by atoms with Crippen LogP contribution in [0.4, 0.5) is 5.69 Å². The molecule has 4 rings (SSSR count). The Hall–Kier alpha value is -3.65. The number of nitrogens with one attached hydrogen (secondary N) is 1. The number of hydrogen-bond donors (Lipinski definition) is 1. The third-order valence-corrected chi connectivity index (χ3v) is 9.84. The van der Waals surface area contributed by atoms with E-state index in [0.717, 1.165) is 42.4 Å². The lowest BCUT2D eigenvalue weighted by atomic mass is 9.95. The Balaban J connectivity index is 1.72. The standard InChI is InChI=1S/C34H43N3O4S/c1-4-28-14-12-13-19-32(28)37(42(40,41)30-17-10-7-11-18-30)25-33(38)36(24-27-22-20-26(3)21-23-27)31(5-2)34(39)35-29-15-8-6-9-16-29/h7,10-14,17-23,29,31H,4-6,8-9,15-16,24-25H2,1-3H3,(H,35,39). The van der Waals surface area contributed by atoms with Crippen LogP contribution >= 0.6 is 0 Å². The summed E-state index contributed by atoms with van der Waals surface area (Å²) in [6.07, 6.45) is 6.21. The highest BCUT2D eigenvalue weighted by Crippen LogP contribution is 2.28. The van der Waals surface area contributed by atoms with E-state index in [1.165, 1.54) is 22.9 Å². The van der Waals surface area contributed by atoms with Crippen molar-refractivity contribution in [3.8, 4) is 0 Å². The van der Waals surface area contributed by atoms with Gasteiger partial charge in [-0.15, -0.1) is 0 Å². The first-order chi connectivity index (χ1) is 20.2. The van der Waals surface area contributed by atoms with Gasteiger partial charge in [-0.2, -0.15) is 0 Å². The van der Waals surface area contributed by atoms with Gasteiger partial charge in [0.1, 0.15) is 12.6 Å². The molecule has 1 aliphatic rings. The van der Waals surface area contributed by atoms with Crippen molar-refractivity contribution in [1.29, 1.82) is 0 Å². The number of rotatable bonds is 12. The molecule has 0 aliphatic heterocycles. The molecule has 1 N–H and O–H groups in total. The van der Waals surface area contributed by atoms with Crippen molar-refractivity contribution < 1.29 is 18.0 Å². The van der Waals surface area contributed by atoms with E-state index < -0.39 is 28.5 Å². The number of aryl methyl sites for hydroxylation is 2. The molecular weight excluding hydrogens is 546 g/mol. The maximum Gasteiger partial charge on any atom is 0.264 e.